The predicted octanol–water partition coefficient (Wildman–Crippen LogP) is 2.17. The SMILES string of the molecule is CCOC(=O)CCNS(=O)(=O)c1cccc(NC(=O)OC(C)(C)C)c1[N+](=O)[O-]. The molecule has 0 spiro atoms. The number of hydrogen-bond donors (Lipinski definition) is 2. The molecule has 0 aliphatic rings. The van der Waals surface area contributed by atoms with Crippen molar-refractivity contribution in [2.24, 2.45) is 0 Å². The van der Waals surface area contributed by atoms with Crippen molar-refractivity contribution in [1.29, 1.82) is 0 Å². The summed E-state index contributed by atoms with van der Waals surface area (Å²) in [5, 5.41) is 13.7. The molecule has 11 nitrogen and oxygen atoms in total. The van der Waals surface area contributed by atoms with Crippen molar-refractivity contribution in [1.82, 2.24) is 4.72 Å². The number of carbonyl (C=O) groups is 2. The van der Waals surface area contributed by atoms with Gasteiger partial charge in [0.15, 0.2) is 4.90 Å². The summed E-state index contributed by atoms with van der Waals surface area (Å²) in [5.41, 5.74) is -2.01. The van der Waals surface area contributed by atoms with Crippen LogP contribution in [0.2, 0.25) is 0 Å². The molecule has 1 rings (SSSR count). The number of hydrogen-bond acceptors (Lipinski definition) is 8. The van der Waals surface area contributed by atoms with Gasteiger partial charge >= 0.3 is 17.7 Å². The molecule has 2 N–H and O–H groups in total. The molecule has 0 saturated heterocycles. The Morgan fingerprint density at radius 3 is 2.43 bits per heavy atom. The molecule has 12 heteroatoms. The normalized spacial score (nSPS) is 11.6. The summed E-state index contributed by atoms with van der Waals surface area (Å²) in [5.74, 6) is -0.611. The maximum Gasteiger partial charge on any atom is 0.412 e. The first-order valence-electron chi connectivity index (χ1n) is 8.30. The van der Waals surface area contributed by atoms with Crippen molar-refractivity contribution in [2.45, 2.75) is 44.6 Å². The molecule has 0 aliphatic carbocycles. The third kappa shape index (κ3) is 7.12. The molecule has 1 amide bonds. The number of carbonyl (C=O) groups excluding carboxylic acids is 2. The standard InChI is InChI=1S/C16H23N3O8S/c1-5-26-13(20)9-10-17-28(24,25)12-8-6-7-11(14(12)19(22)23)18-15(21)27-16(2,3)4/h6-8,17H,5,9-10H2,1-4H3,(H,18,21). The van der Waals surface area contributed by atoms with E-state index in [-0.39, 0.29) is 25.3 Å². The summed E-state index contributed by atoms with van der Waals surface area (Å²) in [6, 6.07) is 3.43. The van der Waals surface area contributed by atoms with Crippen LogP contribution in [0, 0.1) is 10.1 Å². The van der Waals surface area contributed by atoms with Gasteiger partial charge < -0.3 is 9.47 Å². The Bertz CT molecular complexity index is 846. The lowest BCUT2D eigenvalue weighted by molar-refractivity contribution is -0.386. The van der Waals surface area contributed by atoms with Crippen molar-refractivity contribution in [2.75, 3.05) is 18.5 Å². The van der Waals surface area contributed by atoms with E-state index < -0.39 is 43.2 Å². The highest BCUT2D eigenvalue weighted by Crippen LogP contribution is 2.32. The van der Waals surface area contributed by atoms with E-state index >= 15 is 0 Å². The minimum atomic E-state index is -4.33. The summed E-state index contributed by atoms with van der Waals surface area (Å²) in [6.45, 7) is 6.27. The van der Waals surface area contributed by atoms with Crippen LogP contribution >= 0.6 is 0 Å². The van der Waals surface area contributed by atoms with Crippen molar-refractivity contribution < 1.29 is 32.4 Å². The van der Waals surface area contributed by atoms with E-state index in [4.69, 9.17) is 4.74 Å². The topological polar surface area (TPSA) is 154 Å². The van der Waals surface area contributed by atoms with Crippen LogP contribution in [0.4, 0.5) is 16.2 Å². The average molecular weight is 417 g/mol. The van der Waals surface area contributed by atoms with Gasteiger partial charge in [-0.15, -0.1) is 0 Å². The van der Waals surface area contributed by atoms with Crippen LogP contribution in [-0.4, -0.2) is 44.2 Å². The summed E-state index contributed by atoms with van der Waals surface area (Å²) >= 11 is 0. The van der Waals surface area contributed by atoms with E-state index in [0.717, 1.165) is 6.07 Å². The largest absolute Gasteiger partial charge is 0.466 e. The predicted molar refractivity (Wildman–Crippen MR) is 99.4 cm³/mol. The molecule has 0 atom stereocenters. The molecule has 0 radical (unpaired) electrons. The molecule has 0 unspecified atom stereocenters. The number of nitrogens with zero attached hydrogens (tertiary/aromatic N) is 1. The minimum Gasteiger partial charge on any atom is -0.466 e. The molecule has 0 aromatic heterocycles. The maximum atomic E-state index is 12.5. The number of ether oxygens (including phenoxy) is 2. The highest BCUT2D eigenvalue weighted by atomic mass is 32.2. The van der Waals surface area contributed by atoms with Gasteiger partial charge in [-0.1, -0.05) is 6.07 Å². The fraction of sp³-hybridized carbons (Fsp3) is 0.500. The van der Waals surface area contributed by atoms with Crippen LogP contribution in [0.25, 0.3) is 0 Å². The van der Waals surface area contributed by atoms with Gasteiger partial charge in [-0.25, -0.2) is 17.9 Å². The van der Waals surface area contributed by atoms with Gasteiger partial charge in [0.25, 0.3) is 0 Å². The number of nitro groups is 1. The van der Waals surface area contributed by atoms with E-state index in [2.05, 4.69) is 14.8 Å². The van der Waals surface area contributed by atoms with Crippen LogP contribution < -0.4 is 10.0 Å². The summed E-state index contributed by atoms with van der Waals surface area (Å²) in [4.78, 5) is 33.1. The lowest BCUT2D eigenvalue weighted by atomic mass is 10.2. The second-order valence-electron chi connectivity index (χ2n) is 6.49. The molecule has 0 aliphatic heterocycles. The van der Waals surface area contributed by atoms with E-state index in [1.165, 1.54) is 12.1 Å². The lowest BCUT2D eigenvalue weighted by Gasteiger charge is -2.19. The van der Waals surface area contributed by atoms with Crippen molar-refractivity contribution >= 4 is 33.5 Å². The number of nitro benzene ring substituents is 1. The van der Waals surface area contributed by atoms with E-state index in [0.29, 0.717) is 0 Å². The lowest BCUT2D eigenvalue weighted by Crippen LogP contribution is -2.29. The second kappa shape index (κ2) is 9.46. The molecular formula is C16H23N3O8S. The molecule has 0 saturated carbocycles. The first kappa shape index (κ1) is 23.3. The Morgan fingerprint density at radius 2 is 1.89 bits per heavy atom. The van der Waals surface area contributed by atoms with Crippen molar-refractivity contribution in [3.8, 4) is 0 Å². The molecule has 156 valence electrons. The Morgan fingerprint density at radius 1 is 1.25 bits per heavy atom. The monoisotopic (exact) mass is 417 g/mol. The smallest absolute Gasteiger partial charge is 0.412 e. The van der Waals surface area contributed by atoms with Gasteiger partial charge in [0.1, 0.15) is 11.3 Å². The summed E-state index contributed by atoms with van der Waals surface area (Å²) in [6.07, 6.45) is -1.21. The molecule has 0 bridgehead atoms. The Balaban J connectivity index is 3.10. The van der Waals surface area contributed by atoms with Crippen LogP contribution in [0.1, 0.15) is 34.1 Å². The van der Waals surface area contributed by atoms with Crippen LogP contribution in [0.15, 0.2) is 23.1 Å². The highest BCUT2D eigenvalue weighted by molar-refractivity contribution is 7.89. The number of esters is 1. The van der Waals surface area contributed by atoms with E-state index in [9.17, 15) is 28.1 Å². The van der Waals surface area contributed by atoms with E-state index in [1.54, 1.807) is 27.7 Å². The van der Waals surface area contributed by atoms with Gasteiger partial charge in [0, 0.05) is 6.54 Å². The zero-order valence-electron chi connectivity index (χ0n) is 16.0. The molecule has 28 heavy (non-hydrogen) atoms. The number of amides is 1. The molecule has 1 aromatic carbocycles. The zero-order chi connectivity index (χ0) is 21.5. The Hall–Kier alpha value is -2.73. The highest BCUT2D eigenvalue weighted by Gasteiger charge is 2.30. The van der Waals surface area contributed by atoms with Crippen molar-refractivity contribution in [3.05, 3.63) is 28.3 Å². The Labute approximate surface area is 162 Å². The molecule has 0 heterocycles. The number of benzene rings is 1. The average Bonchev–Trinajstić information content (AvgIpc) is 2.52. The number of anilines is 1. The zero-order valence-corrected chi connectivity index (χ0v) is 16.8. The molecule has 1 aromatic rings. The third-order valence-electron chi connectivity index (χ3n) is 3.03. The van der Waals surface area contributed by atoms with Crippen molar-refractivity contribution in [3.63, 3.8) is 0 Å². The molecule has 0 fully saturated rings. The van der Waals surface area contributed by atoms with Gasteiger partial charge in [-0.3, -0.25) is 20.2 Å². The van der Waals surface area contributed by atoms with Gasteiger partial charge in [-0.05, 0) is 39.8 Å². The number of nitrogens with one attached hydrogen (secondary N) is 2. The fourth-order valence-corrected chi connectivity index (χ4v) is 3.26. The second-order valence-corrected chi connectivity index (χ2v) is 8.22. The quantitative estimate of drug-likeness (QED) is 0.370. The Kier molecular flexibility index (Phi) is 7.88. The molecular weight excluding hydrogens is 394 g/mol. The number of sulfonamides is 1. The maximum absolute atomic E-state index is 12.5. The first-order valence-corrected chi connectivity index (χ1v) is 9.78. The van der Waals surface area contributed by atoms with Gasteiger partial charge in [0.2, 0.25) is 10.0 Å². The van der Waals surface area contributed by atoms with Crippen LogP contribution in [0.3, 0.4) is 0 Å². The van der Waals surface area contributed by atoms with Gasteiger partial charge in [-0.2, -0.15) is 0 Å². The first-order chi connectivity index (χ1) is 12.9. The minimum absolute atomic E-state index is 0.148. The van der Waals surface area contributed by atoms with E-state index in [1.807, 2.05) is 0 Å². The number of rotatable bonds is 8. The van der Waals surface area contributed by atoms with Crippen LogP contribution in [-0.2, 0) is 24.3 Å². The third-order valence-corrected chi connectivity index (χ3v) is 4.53. The summed E-state index contributed by atoms with van der Waals surface area (Å²) in [7, 11) is -4.33. The van der Waals surface area contributed by atoms with Crippen LogP contribution in [0.5, 0.6) is 0 Å². The number of para-hydroxylation sites is 1. The van der Waals surface area contributed by atoms with Gasteiger partial charge in [0.05, 0.1) is 18.0 Å². The fourth-order valence-electron chi connectivity index (χ4n) is 2.04. The summed E-state index contributed by atoms with van der Waals surface area (Å²) < 4.78 is 36.7.